The van der Waals surface area contributed by atoms with Crippen LogP contribution >= 0.6 is 0 Å². The molecule has 0 fully saturated rings. The molecule has 0 aromatic heterocycles. The van der Waals surface area contributed by atoms with Gasteiger partial charge in [-0.3, -0.25) is 0 Å². The molecule has 2 aromatic rings. The average Bonchev–Trinajstić information content (AvgIpc) is 2.61. The molecule has 1 N–H and O–H groups in total. The maximum atomic E-state index is 9.28. The van der Waals surface area contributed by atoms with E-state index >= 15 is 0 Å². The third kappa shape index (κ3) is 6.91. The van der Waals surface area contributed by atoms with E-state index in [9.17, 15) is 5.11 Å². The average molecular weight is 324 g/mol. The van der Waals surface area contributed by atoms with E-state index in [0.29, 0.717) is 5.75 Å². The van der Waals surface area contributed by atoms with Crippen molar-refractivity contribution in [3.63, 3.8) is 0 Å². The van der Waals surface area contributed by atoms with E-state index < -0.39 is 0 Å². The topological polar surface area (TPSA) is 29.5 Å². The van der Waals surface area contributed by atoms with Crippen LogP contribution < -0.4 is 4.74 Å². The first-order chi connectivity index (χ1) is 11.8. The van der Waals surface area contributed by atoms with Gasteiger partial charge in [0.05, 0.1) is 6.61 Å². The predicted molar refractivity (Wildman–Crippen MR) is 102 cm³/mol. The standard InChI is InChI=1S/C22H28O2/c1-2-3-4-5-6-7-18-24-22-16-12-20(13-17-22)9-8-19-10-14-21(23)15-11-19/h8-17,23H,2-7,18H2,1H3. The van der Waals surface area contributed by atoms with Crippen LogP contribution in [0.3, 0.4) is 0 Å². The Bertz CT molecular complexity index is 597. The molecule has 24 heavy (non-hydrogen) atoms. The number of aromatic hydroxyl groups is 1. The highest BCUT2D eigenvalue weighted by Crippen LogP contribution is 2.16. The highest BCUT2D eigenvalue weighted by atomic mass is 16.5. The first-order valence-corrected chi connectivity index (χ1v) is 8.98. The molecule has 0 unspecified atom stereocenters. The lowest BCUT2D eigenvalue weighted by Crippen LogP contribution is -1.97. The van der Waals surface area contributed by atoms with Crippen molar-refractivity contribution in [2.45, 2.75) is 45.4 Å². The van der Waals surface area contributed by atoms with Crippen LogP contribution in [0.2, 0.25) is 0 Å². The van der Waals surface area contributed by atoms with Crippen LogP contribution in [0.4, 0.5) is 0 Å². The predicted octanol–water partition coefficient (Wildman–Crippen LogP) is 6.30. The molecule has 2 aromatic carbocycles. The molecule has 0 spiro atoms. The number of hydrogen-bond acceptors (Lipinski definition) is 2. The van der Waals surface area contributed by atoms with Gasteiger partial charge >= 0.3 is 0 Å². The molecule has 0 radical (unpaired) electrons. The lowest BCUT2D eigenvalue weighted by atomic mass is 10.1. The van der Waals surface area contributed by atoms with Crippen LogP contribution in [0.25, 0.3) is 12.2 Å². The van der Waals surface area contributed by atoms with Crippen molar-refractivity contribution >= 4 is 12.2 Å². The Hall–Kier alpha value is -2.22. The zero-order valence-electron chi connectivity index (χ0n) is 14.6. The van der Waals surface area contributed by atoms with Crippen molar-refractivity contribution in [1.29, 1.82) is 0 Å². The molecule has 0 amide bonds. The van der Waals surface area contributed by atoms with Gasteiger partial charge in [0.2, 0.25) is 0 Å². The van der Waals surface area contributed by atoms with Crippen LogP contribution in [0.15, 0.2) is 48.5 Å². The lowest BCUT2D eigenvalue weighted by molar-refractivity contribution is 0.304. The maximum absolute atomic E-state index is 9.28. The normalized spacial score (nSPS) is 11.0. The summed E-state index contributed by atoms with van der Waals surface area (Å²) in [5.74, 6) is 1.23. The zero-order valence-corrected chi connectivity index (χ0v) is 14.6. The van der Waals surface area contributed by atoms with E-state index in [-0.39, 0.29) is 0 Å². The summed E-state index contributed by atoms with van der Waals surface area (Å²) in [6.45, 7) is 3.04. The van der Waals surface area contributed by atoms with Gasteiger partial charge in [-0.1, -0.05) is 75.4 Å². The molecule has 0 saturated heterocycles. The third-order valence-corrected chi connectivity index (χ3v) is 4.01. The van der Waals surface area contributed by atoms with Crippen molar-refractivity contribution in [3.8, 4) is 11.5 Å². The summed E-state index contributed by atoms with van der Waals surface area (Å²) in [6, 6.07) is 15.3. The molecule has 2 rings (SSSR count). The third-order valence-electron chi connectivity index (χ3n) is 4.01. The van der Waals surface area contributed by atoms with Crippen LogP contribution in [0.5, 0.6) is 11.5 Å². The number of hydrogen-bond donors (Lipinski definition) is 1. The number of phenolic OH excluding ortho intramolecular Hbond substituents is 1. The zero-order chi connectivity index (χ0) is 17.0. The summed E-state index contributed by atoms with van der Waals surface area (Å²) < 4.78 is 5.79. The Balaban J connectivity index is 1.71. The monoisotopic (exact) mass is 324 g/mol. The molecule has 0 heterocycles. The molecular weight excluding hydrogens is 296 g/mol. The lowest BCUT2D eigenvalue weighted by Gasteiger charge is -2.06. The molecule has 2 nitrogen and oxygen atoms in total. The quantitative estimate of drug-likeness (QED) is 0.410. The van der Waals surface area contributed by atoms with Crippen LogP contribution in [-0.2, 0) is 0 Å². The molecule has 0 aliphatic rings. The number of unbranched alkanes of at least 4 members (excludes halogenated alkanes) is 5. The molecule has 0 aliphatic heterocycles. The van der Waals surface area contributed by atoms with Crippen molar-refractivity contribution in [3.05, 3.63) is 59.7 Å². The second kappa shape index (κ2) is 10.5. The minimum Gasteiger partial charge on any atom is -0.508 e. The van der Waals surface area contributed by atoms with Gasteiger partial charge in [-0.25, -0.2) is 0 Å². The van der Waals surface area contributed by atoms with Gasteiger partial charge < -0.3 is 9.84 Å². The van der Waals surface area contributed by atoms with Gasteiger partial charge in [-0.05, 0) is 41.8 Å². The number of phenols is 1. The SMILES string of the molecule is CCCCCCCCOc1ccc(C=Cc2ccc(O)cc2)cc1. The fraction of sp³-hybridized carbons (Fsp3) is 0.364. The minimum atomic E-state index is 0.291. The van der Waals surface area contributed by atoms with Crippen molar-refractivity contribution in [1.82, 2.24) is 0 Å². The molecule has 0 bridgehead atoms. The van der Waals surface area contributed by atoms with Gasteiger partial charge in [0.15, 0.2) is 0 Å². The number of rotatable bonds is 10. The smallest absolute Gasteiger partial charge is 0.119 e. The van der Waals surface area contributed by atoms with Gasteiger partial charge in [-0.2, -0.15) is 0 Å². The summed E-state index contributed by atoms with van der Waals surface area (Å²) in [7, 11) is 0. The highest BCUT2D eigenvalue weighted by molar-refractivity contribution is 5.70. The minimum absolute atomic E-state index is 0.291. The summed E-state index contributed by atoms with van der Waals surface area (Å²) in [5.41, 5.74) is 2.20. The molecule has 0 saturated carbocycles. The van der Waals surface area contributed by atoms with Gasteiger partial charge in [0, 0.05) is 0 Å². The van der Waals surface area contributed by atoms with Crippen molar-refractivity contribution in [2.75, 3.05) is 6.61 Å². The fourth-order valence-corrected chi connectivity index (χ4v) is 2.53. The highest BCUT2D eigenvalue weighted by Gasteiger charge is 1.95. The van der Waals surface area contributed by atoms with E-state index in [1.165, 1.54) is 32.1 Å². The Morgan fingerprint density at radius 2 is 1.29 bits per heavy atom. The van der Waals surface area contributed by atoms with Gasteiger partial charge in [0.1, 0.15) is 11.5 Å². The summed E-state index contributed by atoms with van der Waals surface area (Å²) >= 11 is 0. The Labute approximate surface area is 145 Å². The van der Waals surface area contributed by atoms with E-state index in [1.807, 2.05) is 30.3 Å². The van der Waals surface area contributed by atoms with E-state index in [4.69, 9.17) is 4.74 Å². The van der Waals surface area contributed by atoms with Crippen molar-refractivity contribution < 1.29 is 9.84 Å². The summed E-state index contributed by atoms with van der Waals surface area (Å²) in [6.07, 6.45) is 11.8. The second-order valence-corrected chi connectivity index (χ2v) is 6.11. The Kier molecular flexibility index (Phi) is 7.96. The first kappa shape index (κ1) is 18.1. The first-order valence-electron chi connectivity index (χ1n) is 8.98. The Morgan fingerprint density at radius 1 is 0.750 bits per heavy atom. The number of ether oxygens (including phenoxy) is 1. The molecule has 2 heteroatoms. The number of benzene rings is 2. The maximum Gasteiger partial charge on any atom is 0.119 e. The molecule has 0 atom stereocenters. The van der Waals surface area contributed by atoms with E-state index in [0.717, 1.165) is 29.9 Å². The van der Waals surface area contributed by atoms with E-state index in [2.05, 4.69) is 25.1 Å². The second-order valence-electron chi connectivity index (χ2n) is 6.11. The Morgan fingerprint density at radius 3 is 1.92 bits per heavy atom. The van der Waals surface area contributed by atoms with Crippen LogP contribution in [-0.4, -0.2) is 11.7 Å². The summed E-state index contributed by atoms with van der Waals surface area (Å²) in [4.78, 5) is 0. The summed E-state index contributed by atoms with van der Waals surface area (Å²) in [5, 5.41) is 9.28. The molecule has 0 aliphatic carbocycles. The molecule has 128 valence electrons. The van der Waals surface area contributed by atoms with Gasteiger partial charge in [-0.15, -0.1) is 0 Å². The fourth-order valence-electron chi connectivity index (χ4n) is 2.53. The van der Waals surface area contributed by atoms with Crippen LogP contribution in [0, 0.1) is 0 Å². The van der Waals surface area contributed by atoms with Gasteiger partial charge in [0.25, 0.3) is 0 Å². The van der Waals surface area contributed by atoms with Crippen LogP contribution in [0.1, 0.15) is 56.6 Å². The van der Waals surface area contributed by atoms with Crippen molar-refractivity contribution in [2.24, 2.45) is 0 Å². The molecular formula is C22H28O2. The van der Waals surface area contributed by atoms with E-state index in [1.54, 1.807) is 12.1 Å². The largest absolute Gasteiger partial charge is 0.508 e.